The summed E-state index contributed by atoms with van der Waals surface area (Å²) in [6.07, 6.45) is -4.60. The minimum Gasteiger partial charge on any atom is -0.275 e. The summed E-state index contributed by atoms with van der Waals surface area (Å²) < 4.78 is 34.0. The highest BCUT2D eigenvalue weighted by Gasteiger charge is 2.30. The summed E-state index contributed by atoms with van der Waals surface area (Å²) in [7, 11) is 0. The fourth-order valence-corrected chi connectivity index (χ4v) is 0.284. The average Bonchev–Trinajstić information content (AvgIpc) is 1.60. The molecule has 60 valence electrons. The van der Waals surface area contributed by atoms with Gasteiger partial charge in [-0.15, -0.1) is 0 Å². The SMILES string of the molecule is CC(C)C(=O)NC(F)(F)F. The lowest BCUT2D eigenvalue weighted by Gasteiger charge is -2.09. The number of halogens is 3. The van der Waals surface area contributed by atoms with E-state index in [9.17, 15) is 18.0 Å². The highest BCUT2D eigenvalue weighted by molar-refractivity contribution is 5.78. The monoisotopic (exact) mass is 155 g/mol. The molecule has 0 heterocycles. The third-order valence-electron chi connectivity index (χ3n) is 0.789. The van der Waals surface area contributed by atoms with Gasteiger partial charge >= 0.3 is 6.30 Å². The van der Waals surface area contributed by atoms with Crippen LogP contribution in [0.1, 0.15) is 13.8 Å². The molecule has 5 heteroatoms. The molecule has 0 rings (SSSR count). The summed E-state index contributed by atoms with van der Waals surface area (Å²) in [5.41, 5.74) is 0. The molecule has 0 radical (unpaired) electrons. The van der Waals surface area contributed by atoms with Gasteiger partial charge in [0.05, 0.1) is 0 Å². The Kier molecular flexibility index (Phi) is 2.68. The molecule has 1 N–H and O–H groups in total. The molecule has 0 aliphatic carbocycles. The van der Waals surface area contributed by atoms with Crippen LogP contribution in [0.25, 0.3) is 0 Å². The Bertz CT molecular complexity index is 129. The van der Waals surface area contributed by atoms with E-state index >= 15 is 0 Å². The van der Waals surface area contributed by atoms with Crippen molar-refractivity contribution < 1.29 is 18.0 Å². The Balaban J connectivity index is 3.81. The average molecular weight is 155 g/mol. The predicted octanol–water partition coefficient (Wildman–Crippen LogP) is 1.28. The van der Waals surface area contributed by atoms with Gasteiger partial charge in [-0.25, -0.2) is 0 Å². The van der Waals surface area contributed by atoms with Crippen LogP contribution in [0.15, 0.2) is 0 Å². The smallest absolute Gasteiger partial charge is 0.275 e. The zero-order chi connectivity index (χ0) is 8.36. The minimum atomic E-state index is -4.60. The van der Waals surface area contributed by atoms with Gasteiger partial charge < -0.3 is 0 Å². The van der Waals surface area contributed by atoms with E-state index in [1.54, 1.807) is 0 Å². The zero-order valence-electron chi connectivity index (χ0n) is 5.62. The van der Waals surface area contributed by atoms with Crippen molar-refractivity contribution in [2.45, 2.75) is 20.1 Å². The van der Waals surface area contributed by atoms with Gasteiger partial charge in [-0.1, -0.05) is 13.8 Å². The van der Waals surface area contributed by atoms with E-state index in [-0.39, 0.29) is 0 Å². The number of nitrogens with one attached hydrogen (secondary N) is 1. The van der Waals surface area contributed by atoms with E-state index in [1.807, 2.05) is 0 Å². The molecule has 0 fully saturated rings. The summed E-state index contributed by atoms with van der Waals surface area (Å²) >= 11 is 0. The standard InChI is InChI=1S/C5H8F3NO/c1-3(2)4(10)9-5(6,7)8/h3H,1-2H3,(H,9,10). The van der Waals surface area contributed by atoms with Crippen LogP contribution >= 0.6 is 0 Å². The second-order valence-electron chi connectivity index (χ2n) is 2.14. The number of carbonyl (C=O) groups excluding carboxylic acids is 1. The highest BCUT2D eigenvalue weighted by Crippen LogP contribution is 2.10. The molecular formula is C5H8F3NO. The Morgan fingerprint density at radius 3 is 1.90 bits per heavy atom. The van der Waals surface area contributed by atoms with Crippen molar-refractivity contribution in [2.24, 2.45) is 5.92 Å². The third-order valence-corrected chi connectivity index (χ3v) is 0.789. The van der Waals surface area contributed by atoms with Gasteiger partial charge in [0, 0.05) is 5.92 Å². The lowest BCUT2D eigenvalue weighted by molar-refractivity contribution is -0.171. The van der Waals surface area contributed by atoms with Crippen molar-refractivity contribution in [1.82, 2.24) is 5.32 Å². The van der Waals surface area contributed by atoms with E-state index in [0.717, 1.165) is 5.32 Å². The predicted molar refractivity (Wildman–Crippen MR) is 29.0 cm³/mol. The first-order valence-corrected chi connectivity index (χ1v) is 2.71. The number of hydrogen-bond donors (Lipinski definition) is 1. The van der Waals surface area contributed by atoms with Crippen molar-refractivity contribution in [3.8, 4) is 0 Å². The van der Waals surface area contributed by atoms with E-state index in [4.69, 9.17) is 0 Å². The molecule has 2 nitrogen and oxygen atoms in total. The molecule has 0 aliphatic rings. The first kappa shape index (κ1) is 9.26. The molecule has 0 saturated carbocycles. The first-order valence-electron chi connectivity index (χ1n) is 2.71. The Morgan fingerprint density at radius 2 is 1.80 bits per heavy atom. The molecule has 0 saturated heterocycles. The van der Waals surface area contributed by atoms with Crippen LogP contribution in [-0.2, 0) is 4.79 Å². The third kappa shape index (κ3) is 4.17. The molecule has 0 aromatic carbocycles. The van der Waals surface area contributed by atoms with Gasteiger partial charge in [-0.05, 0) is 0 Å². The summed E-state index contributed by atoms with van der Waals surface area (Å²) in [6, 6.07) is 0. The fourth-order valence-electron chi connectivity index (χ4n) is 0.284. The van der Waals surface area contributed by atoms with Crippen molar-refractivity contribution >= 4 is 5.91 Å². The molecule has 0 bridgehead atoms. The van der Waals surface area contributed by atoms with Crippen LogP contribution in [0, 0.1) is 5.92 Å². The van der Waals surface area contributed by atoms with Crippen LogP contribution < -0.4 is 5.32 Å². The van der Waals surface area contributed by atoms with Crippen molar-refractivity contribution in [2.75, 3.05) is 0 Å². The zero-order valence-corrected chi connectivity index (χ0v) is 5.62. The van der Waals surface area contributed by atoms with Crippen molar-refractivity contribution in [1.29, 1.82) is 0 Å². The van der Waals surface area contributed by atoms with Crippen LogP contribution in [0.3, 0.4) is 0 Å². The van der Waals surface area contributed by atoms with Gasteiger partial charge in [0.2, 0.25) is 5.91 Å². The molecule has 0 atom stereocenters. The molecule has 0 unspecified atom stereocenters. The summed E-state index contributed by atoms with van der Waals surface area (Å²) in [6.45, 7) is 2.78. The van der Waals surface area contributed by atoms with Crippen LogP contribution in [0.5, 0.6) is 0 Å². The first-order chi connectivity index (χ1) is 4.33. The molecule has 1 amide bonds. The van der Waals surface area contributed by atoms with Gasteiger partial charge in [0.1, 0.15) is 0 Å². The van der Waals surface area contributed by atoms with E-state index < -0.39 is 18.1 Å². The minimum absolute atomic E-state index is 0.637. The topological polar surface area (TPSA) is 29.1 Å². The normalized spacial score (nSPS) is 11.8. The molecule has 10 heavy (non-hydrogen) atoms. The Hall–Kier alpha value is -0.740. The summed E-state index contributed by atoms with van der Waals surface area (Å²) in [5.74, 6) is -1.64. The Labute approximate surface area is 56.4 Å². The second-order valence-corrected chi connectivity index (χ2v) is 2.14. The van der Waals surface area contributed by atoms with Crippen molar-refractivity contribution in [3.63, 3.8) is 0 Å². The quantitative estimate of drug-likeness (QED) is 0.568. The van der Waals surface area contributed by atoms with Gasteiger partial charge in [-0.3, -0.25) is 10.1 Å². The number of alkyl halides is 3. The van der Waals surface area contributed by atoms with Crippen LogP contribution in [0.2, 0.25) is 0 Å². The lowest BCUT2D eigenvalue weighted by atomic mass is 10.2. The number of rotatable bonds is 1. The van der Waals surface area contributed by atoms with Crippen LogP contribution in [0.4, 0.5) is 13.2 Å². The molecule has 0 spiro atoms. The molecular weight excluding hydrogens is 147 g/mol. The highest BCUT2D eigenvalue weighted by atomic mass is 19.4. The fraction of sp³-hybridized carbons (Fsp3) is 0.800. The lowest BCUT2D eigenvalue weighted by Crippen LogP contribution is -2.39. The number of carbonyl (C=O) groups is 1. The summed E-state index contributed by atoms with van der Waals surface area (Å²) in [5, 5.41) is 0.880. The number of hydrogen-bond acceptors (Lipinski definition) is 1. The molecule has 0 aliphatic heterocycles. The van der Waals surface area contributed by atoms with Gasteiger partial charge in [0.15, 0.2) is 0 Å². The Morgan fingerprint density at radius 1 is 1.40 bits per heavy atom. The van der Waals surface area contributed by atoms with E-state index in [1.165, 1.54) is 13.8 Å². The molecule has 0 aromatic rings. The van der Waals surface area contributed by atoms with Crippen LogP contribution in [-0.4, -0.2) is 12.2 Å². The summed E-state index contributed by atoms with van der Waals surface area (Å²) in [4.78, 5) is 10.3. The maximum Gasteiger partial charge on any atom is 0.484 e. The van der Waals surface area contributed by atoms with Gasteiger partial charge in [0.25, 0.3) is 0 Å². The van der Waals surface area contributed by atoms with E-state index in [2.05, 4.69) is 0 Å². The maximum atomic E-state index is 11.3. The van der Waals surface area contributed by atoms with Gasteiger partial charge in [-0.2, -0.15) is 13.2 Å². The second kappa shape index (κ2) is 2.90. The largest absolute Gasteiger partial charge is 0.484 e. The van der Waals surface area contributed by atoms with Crippen molar-refractivity contribution in [3.05, 3.63) is 0 Å². The molecule has 0 aromatic heterocycles. The maximum absolute atomic E-state index is 11.3. The van der Waals surface area contributed by atoms with E-state index in [0.29, 0.717) is 0 Å². The number of amides is 1.